The summed E-state index contributed by atoms with van der Waals surface area (Å²) in [6.07, 6.45) is 2.53. The molecule has 0 aliphatic heterocycles. The number of benzene rings is 1. The van der Waals surface area contributed by atoms with E-state index in [1.165, 1.54) is 4.90 Å². The van der Waals surface area contributed by atoms with Crippen molar-refractivity contribution in [3.63, 3.8) is 0 Å². The molecule has 0 aliphatic rings. The summed E-state index contributed by atoms with van der Waals surface area (Å²) in [7, 11) is -0.262. The maximum Gasteiger partial charge on any atom is 0.320 e. The lowest BCUT2D eigenvalue weighted by Crippen LogP contribution is -2.38. The molecule has 0 unspecified atom stereocenters. The first-order chi connectivity index (χ1) is 11.2. The van der Waals surface area contributed by atoms with Gasteiger partial charge in [0.2, 0.25) is 0 Å². The van der Waals surface area contributed by atoms with Gasteiger partial charge < -0.3 is 18.4 Å². The van der Waals surface area contributed by atoms with Crippen LogP contribution in [0.15, 0.2) is 47.1 Å². The molecule has 24 heavy (non-hydrogen) atoms. The van der Waals surface area contributed by atoms with Crippen LogP contribution in [0.3, 0.4) is 0 Å². The molecule has 0 bridgehead atoms. The van der Waals surface area contributed by atoms with E-state index in [0.717, 1.165) is 11.8 Å². The number of rotatable bonds is 6. The van der Waals surface area contributed by atoms with E-state index in [2.05, 4.69) is 0 Å². The largest absolute Gasteiger partial charge is 0.467 e. The Morgan fingerprint density at radius 3 is 2.50 bits per heavy atom. The van der Waals surface area contributed by atoms with Gasteiger partial charge in [-0.1, -0.05) is 12.1 Å². The summed E-state index contributed by atoms with van der Waals surface area (Å²) < 4.78 is 32.7. The third-order valence-electron chi connectivity index (χ3n) is 3.10. The van der Waals surface area contributed by atoms with E-state index >= 15 is 0 Å². The molecule has 1 aromatic heterocycles. The molecule has 0 spiro atoms. The van der Waals surface area contributed by atoms with E-state index in [1.807, 2.05) is 0 Å². The molecule has 0 aliphatic carbocycles. The highest BCUT2D eigenvalue weighted by atomic mass is 32.2. The second-order valence-corrected chi connectivity index (χ2v) is 7.12. The molecule has 2 rings (SSSR count). The fraction of sp³-hybridized carbons (Fsp3) is 0.312. The van der Waals surface area contributed by atoms with E-state index in [4.69, 9.17) is 8.60 Å². The molecule has 0 fully saturated rings. The summed E-state index contributed by atoms with van der Waals surface area (Å²) in [5, 5.41) is 0. The second kappa shape index (κ2) is 7.39. The quantitative estimate of drug-likeness (QED) is 0.745. The van der Waals surface area contributed by atoms with Crippen LogP contribution in [-0.4, -0.2) is 44.6 Å². The molecule has 0 radical (unpaired) electrons. The van der Waals surface area contributed by atoms with Crippen LogP contribution in [0.5, 0.6) is 5.75 Å². The predicted octanol–water partition coefficient (Wildman–Crippen LogP) is 2.30. The molecule has 1 aromatic carbocycles. The predicted molar refractivity (Wildman–Crippen MR) is 89.0 cm³/mol. The van der Waals surface area contributed by atoms with Crippen molar-refractivity contribution in [1.82, 2.24) is 9.80 Å². The van der Waals surface area contributed by atoms with Crippen LogP contribution in [-0.2, 0) is 23.2 Å². The highest BCUT2D eigenvalue weighted by Gasteiger charge is 2.18. The fourth-order valence-corrected chi connectivity index (χ4v) is 2.61. The SMILES string of the molecule is CN(C)C(=O)N(Cc1cccc(OS(C)(=O)=O)c1)Cc1ccco1. The van der Waals surface area contributed by atoms with Crippen LogP contribution in [0, 0.1) is 0 Å². The number of amides is 2. The van der Waals surface area contributed by atoms with Gasteiger partial charge in [-0.3, -0.25) is 0 Å². The average molecular weight is 352 g/mol. The Morgan fingerprint density at radius 1 is 1.17 bits per heavy atom. The fourth-order valence-electron chi connectivity index (χ4n) is 2.16. The Morgan fingerprint density at radius 2 is 1.92 bits per heavy atom. The Hall–Kier alpha value is -2.48. The van der Waals surface area contributed by atoms with Gasteiger partial charge in [-0.25, -0.2) is 4.79 Å². The number of furan rings is 1. The highest BCUT2D eigenvalue weighted by molar-refractivity contribution is 7.86. The van der Waals surface area contributed by atoms with Gasteiger partial charge in [-0.2, -0.15) is 8.42 Å². The zero-order valence-electron chi connectivity index (χ0n) is 13.8. The Labute approximate surface area is 141 Å². The zero-order valence-corrected chi connectivity index (χ0v) is 14.6. The first-order valence-electron chi connectivity index (χ1n) is 7.21. The first kappa shape index (κ1) is 17.9. The maximum atomic E-state index is 12.4. The molecule has 7 nitrogen and oxygen atoms in total. The van der Waals surface area contributed by atoms with Gasteiger partial charge in [-0.15, -0.1) is 0 Å². The van der Waals surface area contributed by atoms with E-state index in [1.54, 1.807) is 61.7 Å². The number of hydrogen-bond donors (Lipinski definition) is 0. The lowest BCUT2D eigenvalue weighted by molar-refractivity contribution is 0.161. The van der Waals surface area contributed by atoms with Gasteiger partial charge in [0.25, 0.3) is 0 Å². The highest BCUT2D eigenvalue weighted by Crippen LogP contribution is 2.18. The van der Waals surface area contributed by atoms with Gasteiger partial charge in [0, 0.05) is 20.6 Å². The molecule has 1 heterocycles. The van der Waals surface area contributed by atoms with Crippen molar-refractivity contribution in [3.8, 4) is 5.75 Å². The minimum atomic E-state index is -3.60. The van der Waals surface area contributed by atoms with Crippen molar-refractivity contribution in [3.05, 3.63) is 54.0 Å². The van der Waals surface area contributed by atoms with Crippen LogP contribution in [0.4, 0.5) is 4.79 Å². The van der Waals surface area contributed by atoms with Gasteiger partial charge >= 0.3 is 16.1 Å². The van der Waals surface area contributed by atoms with Crippen molar-refractivity contribution >= 4 is 16.1 Å². The first-order valence-corrected chi connectivity index (χ1v) is 9.03. The van der Waals surface area contributed by atoms with E-state index < -0.39 is 10.1 Å². The maximum absolute atomic E-state index is 12.4. The number of carbonyl (C=O) groups is 1. The molecular weight excluding hydrogens is 332 g/mol. The Balaban J connectivity index is 2.19. The summed E-state index contributed by atoms with van der Waals surface area (Å²) in [6, 6.07) is 10.00. The number of carbonyl (C=O) groups excluding carboxylic acids is 1. The van der Waals surface area contributed by atoms with Gasteiger partial charge in [-0.05, 0) is 29.8 Å². The molecule has 8 heteroatoms. The minimum absolute atomic E-state index is 0.180. The summed E-state index contributed by atoms with van der Waals surface area (Å²) in [6.45, 7) is 0.597. The van der Waals surface area contributed by atoms with E-state index in [-0.39, 0.29) is 11.8 Å². The van der Waals surface area contributed by atoms with Crippen molar-refractivity contribution in [2.75, 3.05) is 20.4 Å². The molecule has 0 atom stereocenters. The average Bonchev–Trinajstić information content (AvgIpc) is 2.97. The lowest BCUT2D eigenvalue weighted by Gasteiger charge is -2.25. The second-order valence-electron chi connectivity index (χ2n) is 5.55. The monoisotopic (exact) mass is 352 g/mol. The Kier molecular flexibility index (Phi) is 5.50. The standard InChI is InChI=1S/C16H20N2O5S/c1-17(2)16(19)18(12-15-8-5-9-22-15)11-13-6-4-7-14(10-13)23-24(3,20)21/h4-10H,11-12H2,1-3H3. The molecule has 2 aromatic rings. The van der Waals surface area contributed by atoms with Crippen molar-refractivity contribution in [2.45, 2.75) is 13.1 Å². The minimum Gasteiger partial charge on any atom is -0.467 e. The van der Waals surface area contributed by atoms with Crippen LogP contribution >= 0.6 is 0 Å². The summed E-state index contributed by atoms with van der Waals surface area (Å²) in [4.78, 5) is 15.4. The summed E-state index contributed by atoms with van der Waals surface area (Å²) in [5.74, 6) is 0.874. The lowest BCUT2D eigenvalue weighted by atomic mass is 10.2. The molecule has 0 N–H and O–H groups in total. The molecule has 130 valence electrons. The van der Waals surface area contributed by atoms with Gasteiger partial charge in [0.1, 0.15) is 11.5 Å². The normalized spacial score (nSPS) is 11.1. The molecule has 0 saturated carbocycles. The molecular formula is C16H20N2O5S. The molecule has 0 saturated heterocycles. The number of urea groups is 1. The van der Waals surface area contributed by atoms with E-state index in [9.17, 15) is 13.2 Å². The number of nitrogens with zero attached hydrogens (tertiary/aromatic N) is 2. The zero-order chi connectivity index (χ0) is 17.7. The topological polar surface area (TPSA) is 80.1 Å². The molecule has 2 amide bonds. The van der Waals surface area contributed by atoms with Crippen LogP contribution in [0.1, 0.15) is 11.3 Å². The van der Waals surface area contributed by atoms with Crippen molar-refractivity contribution in [2.24, 2.45) is 0 Å². The third-order valence-corrected chi connectivity index (χ3v) is 3.59. The van der Waals surface area contributed by atoms with E-state index in [0.29, 0.717) is 18.8 Å². The van der Waals surface area contributed by atoms with Crippen molar-refractivity contribution < 1.29 is 21.8 Å². The third kappa shape index (κ3) is 5.31. The summed E-state index contributed by atoms with van der Waals surface area (Å²) in [5.41, 5.74) is 0.748. The smallest absolute Gasteiger partial charge is 0.320 e. The van der Waals surface area contributed by atoms with Crippen LogP contribution in [0.25, 0.3) is 0 Å². The van der Waals surface area contributed by atoms with Crippen molar-refractivity contribution in [1.29, 1.82) is 0 Å². The van der Waals surface area contributed by atoms with Gasteiger partial charge in [0.15, 0.2) is 0 Å². The van der Waals surface area contributed by atoms with Gasteiger partial charge in [0.05, 0.1) is 19.1 Å². The van der Waals surface area contributed by atoms with Crippen LogP contribution < -0.4 is 4.18 Å². The summed E-state index contributed by atoms with van der Waals surface area (Å²) >= 11 is 0. The Bertz CT molecular complexity index is 785. The number of hydrogen-bond acceptors (Lipinski definition) is 5. The van der Waals surface area contributed by atoms with Crippen LogP contribution in [0.2, 0.25) is 0 Å².